The lowest BCUT2D eigenvalue weighted by molar-refractivity contribution is 0.465. The Morgan fingerprint density at radius 1 is 1.14 bits per heavy atom. The van der Waals surface area contributed by atoms with Gasteiger partial charge in [0.15, 0.2) is 5.75 Å². The van der Waals surface area contributed by atoms with E-state index in [4.69, 9.17) is 22.1 Å². The van der Waals surface area contributed by atoms with Crippen LogP contribution in [-0.2, 0) is 10.0 Å². The lowest BCUT2D eigenvalue weighted by atomic mass is 10.1. The highest BCUT2D eigenvalue weighted by Gasteiger charge is 2.27. The Hall–Kier alpha value is -2.16. The van der Waals surface area contributed by atoms with E-state index in [9.17, 15) is 8.42 Å². The van der Waals surface area contributed by atoms with Crippen molar-refractivity contribution in [3.63, 3.8) is 0 Å². The second-order valence-electron chi connectivity index (χ2n) is 6.95. The summed E-state index contributed by atoms with van der Waals surface area (Å²) in [5, 5.41) is 5.61. The molecule has 0 aliphatic carbocycles. The van der Waals surface area contributed by atoms with Crippen molar-refractivity contribution in [2.45, 2.75) is 31.6 Å². The number of sulfonamides is 1. The Labute approximate surface area is 178 Å². The zero-order valence-electron chi connectivity index (χ0n) is 16.8. The van der Waals surface area contributed by atoms with Gasteiger partial charge in [-0.3, -0.25) is 0 Å². The molecular formula is C21H27N3O3S2. The second kappa shape index (κ2) is 9.11. The topological polar surface area (TPSA) is 75.9 Å². The Morgan fingerprint density at radius 3 is 2.31 bits per heavy atom. The van der Waals surface area contributed by atoms with Gasteiger partial charge in [0.2, 0.25) is 10.0 Å². The number of thiocarbonyl (C=S) groups is 1. The zero-order valence-corrected chi connectivity index (χ0v) is 18.4. The first-order valence-corrected chi connectivity index (χ1v) is 11.8. The lowest BCUT2D eigenvalue weighted by Gasteiger charge is -2.27. The summed E-state index contributed by atoms with van der Waals surface area (Å²) in [6.45, 7) is 7.17. The molecule has 0 bridgehead atoms. The van der Waals surface area contributed by atoms with Crippen LogP contribution >= 0.6 is 12.2 Å². The Balaban J connectivity index is 2.20. The summed E-state index contributed by atoms with van der Waals surface area (Å²) in [5.41, 5.74) is 1.37. The molecule has 2 aromatic carbocycles. The minimum Gasteiger partial charge on any atom is -0.454 e. The van der Waals surface area contributed by atoms with Gasteiger partial charge >= 0.3 is 0 Å². The van der Waals surface area contributed by atoms with E-state index < -0.39 is 10.0 Å². The fraction of sp³-hybridized carbons (Fsp3) is 0.381. The molecule has 1 fully saturated rings. The molecule has 1 saturated heterocycles. The standard InChI is InChI=1S/C21H27N3O3S2/c1-3-23(4-2)21(28)16-14-18(24-12-8-9-13-24)20(19(15-16)29(22,25)26)27-17-10-6-5-7-11-17/h5-7,10-11,14-15H,3-4,8-9,12-13H2,1-2H3,(H2,22,25,26). The molecule has 0 spiro atoms. The monoisotopic (exact) mass is 433 g/mol. The van der Waals surface area contributed by atoms with E-state index in [0.29, 0.717) is 22.0 Å². The predicted octanol–water partition coefficient (Wildman–Crippen LogP) is 3.74. The molecule has 1 aliphatic rings. The highest BCUT2D eigenvalue weighted by atomic mass is 32.2. The number of anilines is 1. The Morgan fingerprint density at radius 2 is 1.76 bits per heavy atom. The van der Waals surface area contributed by atoms with Crippen LogP contribution in [0.5, 0.6) is 11.5 Å². The van der Waals surface area contributed by atoms with E-state index in [0.717, 1.165) is 39.0 Å². The van der Waals surface area contributed by atoms with Gasteiger partial charge in [0.05, 0.1) is 5.69 Å². The molecule has 0 unspecified atom stereocenters. The molecule has 0 aromatic heterocycles. The van der Waals surface area contributed by atoms with Gasteiger partial charge in [-0.25, -0.2) is 13.6 Å². The zero-order chi connectivity index (χ0) is 21.0. The molecule has 1 aliphatic heterocycles. The van der Waals surface area contributed by atoms with Gasteiger partial charge < -0.3 is 14.5 Å². The van der Waals surface area contributed by atoms with Gasteiger partial charge in [0.1, 0.15) is 15.6 Å². The highest BCUT2D eigenvalue weighted by molar-refractivity contribution is 7.89. The lowest BCUT2D eigenvalue weighted by Crippen LogP contribution is -2.30. The minimum absolute atomic E-state index is 0.0461. The third kappa shape index (κ3) is 4.88. The first-order chi connectivity index (χ1) is 13.8. The molecule has 0 amide bonds. The van der Waals surface area contributed by atoms with Crippen LogP contribution in [-0.4, -0.2) is 44.5 Å². The number of primary sulfonamides is 1. The van der Waals surface area contributed by atoms with Crippen molar-refractivity contribution in [1.29, 1.82) is 0 Å². The Bertz CT molecular complexity index is 968. The van der Waals surface area contributed by atoms with Crippen LogP contribution in [0.25, 0.3) is 0 Å². The summed E-state index contributed by atoms with van der Waals surface area (Å²) in [6.07, 6.45) is 2.08. The summed E-state index contributed by atoms with van der Waals surface area (Å²) in [7, 11) is -4.03. The first-order valence-electron chi connectivity index (χ1n) is 9.83. The average molecular weight is 434 g/mol. The summed E-state index contributed by atoms with van der Waals surface area (Å²) >= 11 is 5.66. The molecule has 8 heteroatoms. The number of ether oxygens (including phenoxy) is 1. The van der Waals surface area contributed by atoms with Crippen LogP contribution in [0.2, 0.25) is 0 Å². The van der Waals surface area contributed by atoms with Crippen LogP contribution in [0.1, 0.15) is 32.3 Å². The molecule has 156 valence electrons. The quantitative estimate of drug-likeness (QED) is 0.671. The van der Waals surface area contributed by atoms with Gasteiger partial charge in [-0.05, 0) is 51.0 Å². The molecule has 0 atom stereocenters. The van der Waals surface area contributed by atoms with Crippen LogP contribution in [0.15, 0.2) is 47.4 Å². The molecule has 29 heavy (non-hydrogen) atoms. The maximum Gasteiger partial charge on any atom is 0.241 e. The third-order valence-corrected chi connectivity index (χ3v) is 6.46. The Kier molecular flexibility index (Phi) is 6.77. The largest absolute Gasteiger partial charge is 0.454 e. The van der Waals surface area contributed by atoms with E-state index in [-0.39, 0.29) is 10.6 Å². The summed E-state index contributed by atoms with van der Waals surface area (Å²) in [6, 6.07) is 12.6. The van der Waals surface area contributed by atoms with Crippen molar-refractivity contribution >= 4 is 32.9 Å². The van der Waals surface area contributed by atoms with Crippen molar-refractivity contribution in [3.8, 4) is 11.5 Å². The SMILES string of the molecule is CCN(CC)C(=S)c1cc(N2CCCC2)c(Oc2ccccc2)c(S(N)(=O)=O)c1. The summed E-state index contributed by atoms with van der Waals surface area (Å²) in [5.74, 6) is 0.809. The molecule has 2 aromatic rings. The van der Waals surface area contributed by atoms with Crippen molar-refractivity contribution in [2.75, 3.05) is 31.1 Å². The van der Waals surface area contributed by atoms with Gasteiger partial charge in [0.25, 0.3) is 0 Å². The fourth-order valence-corrected chi connectivity index (χ4v) is 4.59. The van der Waals surface area contributed by atoms with E-state index in [1.165, 1.54) is 6.07 Å². The number of hydrogen-bond donors (Lipinski definition) is 1. The third-order valence-electron chi connectivity index (χ3n) is 5.05. The second-order valence-corrected chi connectivity index (χ2v) is 8.87. The molecule has 0 radical (unpaired) electrons. The summed E-state index contributed by atoms with van der Waals surface area (Å²) < 4.78 is 31.1. The van der Waals surface area contributed by atoms with Gasteiger partial charge in [-0.1, -0.05) is 30.4 Å². The predicted molar refractivity (Wildman–Crippen MR) is 120 cm³/mol. The maximum atomic E-state index is 12.5. The normalized spacial score (nSPS) is 14.1. The van der Waals surface area contributed by atoms with Crippen molar-refractivity contribution in [1.82, 2.24) is 4.90 Å². The first kappa shape index (κ1) is 21.5. The number of benzene rings is 2. The molecule has 0 saturated carbocycles. The van der Waals surface area contributed by atoms with Crippen LogP contribution in [0, 0.1) is 0 Å². The number of rotatable bonds is 7. The van der Waals surface area contributed by atoms with Crippen LogP contribution in [0.4, 0.5) is 5.69 Å². The molecule has 2 N–H and O–H groups in total. The smallest absolute Gasteiger partial charge is 0.241 e. The molecular weight excluding hydrogens is 406 g/mol. The van der Waals surface area contributed by atoms with Crippen molar-refractivity contribution in [3.05, 3.63) is 48.0 Å². The van der Waals surface area contributed by atoms with Gasteiger partial charge in [0, 0.05) is 31.7 Å². The van der Waals surface area contributed by atoms with Crippen LogP contribution < -0.4 is 14.8 Å². The van der Waals surface area contributed by atoms with E-state index >= 15 is 0 Å². The number of nitrogens with two attached hydrogens (primary N) is 1. The van der Waals surface area contributed by atoms with Crippen molar-refractivity contribution in [2.24, 2.45) is 5.14 Å². The van der Waals surface area contributed by atoms with Crippen LogP contribution in [0.3, 0.4) is 0 Å². The van der Waals surface area contributed by atoms with E-state index in [1.807, 2.05) is 43.0 Å². The molecule has 3 rings (SSSR count). The van der Waals surface area contributed by atoms with E-state index in [2.05, 4.69) is 4.90 Å². The maximum absolute atomic E-state index is 12.5. The van der Waals surface area contributed by atoms with E-state index in [1.54, 1.807) is 12.1 Å². The number of para-hydroxylation sites is 1. The van der Waals surface area contributed by atoms with Gasteiger partial charge in [-0.2, -0.15) is 0 Å². The number of nitrogens with zero attached hydrogens (tertiary/aromatic N) is 2. The van der Waals surface area contributed by atoms with Gasteiger partial charge in [-0.15, -0.1) is 0 Å². The number of hydrogen-bond acceptors (Lipinski definition) is 5. The minimum atomic E-state index is -4.03. The summed E-state index contributed by atoms with van der Waals surface area (Å²) in [4.78, 5) is 4.71. The van der Waals surface area contributed by atoms with Crippen molar-refractivity contribution < 1.29 is 13.2 Å². The average Bonchev–Trinajstić information content (AvgIpc) is 3.23. The highest BCUT2D eigenvalue weighted by Crippen LogP contribution is 2.40. The molecule has 6 nitrogen and oxygen atoms in total. The fourth-order valence-electron chi connectivity index (χ4n) is 3.52. The molecule has 1 heterocycles.